The lowest BCUT2D eigenvalue weighted by Crippen LogP contribution is -2.42. The monoisotopic (exact) mass is 481 g/mol. The van der Waals surface area contributed by atoms with E-state index in [1.165, 1.54) is 17.5 Å². The SMILES string of the molecule is CCN(CCN(OC)C(=O)NO)c1c(F)cc(N2C[C@H](CNC(=O)C(F)F)OC2=O)cc1F. The van der Waals surface area contributed by atoms with Crippen LogP contribution in [0.25, 0.3) is 0 Å². The van der Waals surface area contributed by atoms with Crippen LogP contribution in [0.3, 0.4) is 0 Å². The number of carbonyl (C=O) groups is 3. The van der Waals surface area contributed by atoms with Crippen molar-refractivity contribution in [1.82, 2.24) is 15.9 Å². The highest BCUT2D eigenvalue weighted by Gasteiger charge is 2.34. The van der Waals surface area contributed by atoms with Gasteiger partial charge >= 0.3 is 18.5 Å². The average Bonchev–Trinajstić information content (AvgIpc) is 3.15. The standard InChI is InChI=1S/C18H23F4N5O6/c1-3-25(4-5-27(32-2)17(29)24-31)14-12(19)6-10(7-13(14)20)26-9-11(33-18(26)30)8-23-16(28)15(21)22/h6-7,11,15,31H,3-5,8-9H2,1-2H3,(H,23,28)(H,24,29)/t11-/m0/s1. The number of carbonyl (C=O) groups excluding carboxylic acids is 3. The van der Waals surface area contributed by atoms with E-state index in [1.54, 1.807) is 6.92 Å². The minimum absolute atomic E-state index is 0.0669. The molecular weight excluding hydrogens is 458 g/mol. The van der Waals surface area contributed by atoms with Crippen LogP contribution in [0.2, 0.25) is 0 Å². The summed E-state index contributed by atoms with van der Waals surface area (Å²) in [5, 5.41) is 11.3. The van der Waals surface area contributed by atoms with Crippen molar-refractivity contribution >= 4 is 29.4 Å². The van der Waals surface area contributed by atoms with Gasteiger partial charge in [-0.1, -0.05) is 0 Å². The molecule has 1 aromatic rings. The maximum absolute atomic E-state index is 14.8. The lowest BCUT2D eigenvalue weighted by molar-refractivity contribution is -0.132. The molecule has 3 N–H and O–H groups in total. The minimum Gasteiger partial charge on any atom is -0.442 e. The fourth-order valence-electron chi connectivity index (χ4n) is 3.11. The third kappa shape index (κ3) is 6.35. The number of hydroxylamine groups is 3. The van der Waals surface area contributed by atoms with Crippen molar-refractivity contribution in [3.63, 3.8) is 0 Å². The van der Waals surface area contributed by atoms with Crippen LogP contribution in [-0.4, -0.2) is 80.7 Å². The van der Waals surface area contributed by atoms with Gasteiger partial charge in [-0.25, -0.2) is 28.9 Å². The first-order valence-corrected chi connectivity index (χ1v) is 9.66. The van der Waals surface area contributed by atoms with Crippen molar-refractivity contribution in [2.75, 3.05) is 49.6 Å². The van der Waals surface area contributed by atoms with Gasteiger partial charge in [-0.2, -0.15) is 8.78 Å². The molecule has 1 aromatic carbocycles. The van der Waals surface area contributed by atoms with Crippen LogP contribution < -0.4 is 20.6 Å². The minimum atomic E-state index is -3.23. The number of benzene rings is 1. The Balaban J connectivity index is 2.13. The lowest BCUT2D eigenvalue weighted by Gasteiger charge is -2.27. The first-order chi connectivity index (χ1) is 15.6. The van der Waals surface area contributed by atoms with Crippen molar-refractivity contribution in [2.24, 2.45) is 0 Å². The molecule has 0 unspecified atom stereocenters. The smallest absolute Gasteiger partial charge is 0.414 e. The van der Waals surface area contributed by atoms with Crippen molar-refractivity contribution in [1.29, 1.82) is 0 Å². The van der Waals surface area contributed by atoms with E-state index in [2.05, 4.69) is 0 Å². The summed E-state index contributed by atoms with van der Waals surface area (Å²) in [5.41, 5.74) is 0.781. The van der Waals surface area contributed by atoms with Crippen LogP contribution in [0.15, 0.2) is 12.1 Å². The lowest BCUT2D eigenvalue weighted by atomic mass is 10.2. The maximum atomic E-state index is 14.8. The molecule has 184 valence electrons. The Kier molecular flexibility index (Phi) is 9.04. The molecule has 0 saturated carbocycles. The Morgan fingerprint density at radius 2 is 1.94 bits per heavy atom. The number of nitrogens with one attached hydrogen (secondary N) is 2. The number of hydrogen-bond acceptors (Lipinski definition) is 7. The van der Waals surface area contributed by atoms with Gasteiger partial charge in [-0.05, 0) is 6.92 Å². The first-order valence-electron chi connectivity index (χ1n) is 9.66. The summed E-state index contributed by atoms with van der Waals surface area (Å²) in [7, 11) is 1.17. The predicted octanol–water partition coefficient (Wildman–Crippen LogP) is 1.46. The van der Waals surface area contributed by atoms with Crippen LogP contribution in [0.5, 0.6) is 0 Å². The zero-order chi connectivity index (χ0) is 24.7. The quantitative estimate of drug-likeness (QED) is 0.263. The maximum Gasteiger partial charge on any atom is 0.414 e. The fourth-order valence-corrected chi connectivity index (χ4v) is 3.11. The second-order valence-electron chi connectivity index (χ2n) is 6.70. The summed E-state index contributed by atoms with van der Waals surface area (Å²) in [6.07, 6.45) is -5.18. The van der Waals surface area contributed by atoms with E-state index in [1.807, 2.05) is 5.32 Å². The van der Waals surface area contributed by atoms with Gasteiger partial charge in [-0.3, -0.25) is 19.7 Å². The zero-order valence-electron chi connectivity index (χ0n) is 17.7. The molecule has 1 heterocycles. The molecule has 0 spiro atoms. The highest BCUT2D eigenvalue weighted by molar-refractivity contribution is 5.90. The van der Waals surface area contributed by atoms with E-state index < -0.39 is 54.4 Å². The Hall–Kier alpha value is -3.33. The number of cyclic esters (lactones) is 1. The van der Waals surface area contributed by atoms with Crippen molar-refractivity contribution in [2.45, 2.75) is 19.5 Å². The Bertz CT molecular complexity index is 854. The van der Waals surface area contributed by atoms with E-state index in [9.17, 15) is 31.9 Å². The van der Waals surface area contributed by atoms with Crippen molar-refractivity contribution in [3.8, 4) is 0 Å². The van der Waals surface area contributed by atoms with Crippen molar-refractivity contribution in [3.05, 3.63) is 23.8 Å². The van der Waals surface area contributed by atoms with E-state index in [4.69, 9.17) is 14.8 Å². The number of likely N-dealkylation sites (N-methyl/N-ethyl adjacent to an activating group) is 1. The normalized spacial score (nSPS) is 15.5. The van der Waals surface area contributed by atoms with Gasteiger partial charge in [0.1, 0.15) is 11.8 Å². The highest BCUT2D eigenvalue weighted by atomic mass is 19.3. The molecule has 1 aliphatic heterocycles. The van der Waals surface area contributed by atoms with Crippen LogP contribution in [0, 0.1) is 11.6 Å². The zero-order valence-corrected chi connectivity index (χ0v) is 17.7. The van der Waals surface area contributed by atoms with E-state index in [0.29, 0.717) is 0 Å². The molecule has 0 aliphatic carbocycles. The molecule has 0 bridgehead atoms. The molecule has 1 atom stereocenters. The summed E-state index contributed by atoms with van der Waals surface area (Å²) >= 11 is 0. The molecule has 0 aromatic heterocycles. The number of urea groups is 1. The molecule has 15 heteroatoms. The van der Waals surface area contributed by atoms with E-state index >= 15 is 0 Å². The predicted molar refractivity (Wildman–Crippen MR) is 105 cm³/mol. The third-order valence-electron chi connectivity index (χ3n) is 4.70. The molecule has 2 rings (SSSR count). The summed E-state index contributed by atoms with van der Waals surface area (Å²) in [4.78, 5) is 41.4. The largest absolute Gasteiger partial charge is 0.442 e. The van der Waals surface area contributed by atoms with Crippen LogP contribution in [-0.2, 0) is 14.4 Å². The fraction of sp³-hybridized carbons (Fsp3) is 0.500. The molecule has 1 aliphatic rings. The molecular formula is C18H23F4N5O6. The van der Waals surface area contributed by atoms with Gasteiger partial charge in [0.05, 0.1) is 32.4 Å². The van der Waals surface area contributed by atoms with Crippen molar-refractivity contribution < 1.29 is 46.7 Å². The number of nitrogens with zero attached hydrogens (tertiary/aromatic N) is 3. The Labute approximate surface area is 185 Å². The summed E-state index contributed by atoms with van der Waals surface area (Å²) in [6, 6.07) is 0.824. The number of ether oxygens (including phenoxy) is 1. The van der Waals surface area contributed by atoms with Crippen LogP contribution in [0.1, 0.15) is 6.92 Å². The number of amides is 4. The summed E-state index contributed by atoms with van der Waals surface area (Å²) < 4.78 is 59.1. The van der Waals surface area contributed by atoms with Gasteiger partial charge in [0.15, 0.2) is 11.6 Å². The molecule has 11 nitrogen and oxygen atoms in total. The Morgan fingerprint density at radius 3 is 2.45 bits per heavy atom. The second-order valence-corrected chi connectivity index (χ2v) is 6.70. The average molecular weight is 481 g/mol. The summed E-state index contributed by atoms with van der Waals surface area (Å²) in [5.74, 6) is -3.55. The number of halogens is 4. The topological polar surface area (TPSA) is 124 Å². The van der Waals surface area contributed by atoms with Gasteiger partial charge < -0.3 is 15.0 Å². The Morgan fingerprint density at radius 1 is 1.30 bits per heavy atom. The number of anilines is 2. The highest BCUT2D eigenvalue weighted by Crippen LogP contribution is 2.31. The van der Waals surface area contributed by atoms with Gasteiger partial charge in [0.2, 0.25) is 0 Å². The second kappa shape index (κ2) is 11.5. The van der Waals surface area contributed by atoms with Gasteiger partial charge in [0, 0.05) is 25.2 Å². The van der Waals surface area contributed by atoms with Crippen LogP contribution >= 0.6 is 0 Å². The van der Waals surface area contributed by atoms with Gasteiger partial charge in [0.25, 0.3) is 5.91 Å². The van der Waals surface area contributed by atoms with Gasteiger partial charge in [-0.15, -0.1) is 0 Å². The molecule has 1 saturated heterocycles. The number of alkyl halides is 2. The van der Waals surface area contributed by atoms with E-state index in [0.717, 1.165) is 22.1 Å². The number of hydrogen-bond donors (Lipinski definition) is 3. The third-order valence-corrected chi connectivity index (χ3v) is 4.70. The molecule has 33 heavy (non-hydrogen) atoms. The molecule has 1 fully saturated rings. The van der Waals surface area contributed by atoms with E-state index in [-0.39, 0.29) is 31.9 Å². The first kappa shape index (κ1) is 25.9. The molecule has 0 radical (unpaired) electrons. The summed E-state index contributed by atoms with van der Waals surface area (Å²) in [6.45, 7) is 0.923. The number of rotatable bonds is 10. The molecule has 4 amide bonds. The van der Waals surface area contributed by atoms with Crippen LogP contribution in [0.4, 0.5) is 38.5 Å².